The number of amides is 1. The zero-order valence-electron chi connectivity index (χ0n) is 8.82. The van der Waals surface area contributed by atoms with Crippen molar-refractivity contribution in [3.63, 3.8) is 0 Å². The van der Waals surface area contributed by atoms with Crippen molar-refractivity contribution in [1.82, 2.24) is 10.5 Å². The normalized spacial score (nSPS) is 10.3. The maximum Gasteiger partial charge on any atom is 0.273 e. The number of aliphatic hydroxyl groups is 1. The molecule has 1 heterocycles. The van der Waals surface area contributed by atoms with Crippen LogP contribution in [0.5, 0.6) is 0 Å². The molecule has 1 amide bonds. The van der Waals surface area contributed by atoms with Crippen LogP contribution in [-0.4, -0.2) is 29.3 Å². The Bertz CT molecular complexity index is 309. The number of aromatic nitrogens is 1. The lowest BCUT2D eigenvalue weighted by atomic mass is 10.2. The molecule has 0 aliphatic rings. The molecule has 1 aromatic heterocycles. The van der Waals surface area contributed by atoms with E-state index in [0.717, 1.165) is 19.3 Å². The Labute approximate surface area is 88.5 Å². The van der Waals surface area contributed by atoms with Gasteiger partial charge in [0.1, 0.15) is 5.76 Å². The highest BCUT2D eigenvalue weighted by atomic mass is 16.5. The van der Waals surface area contributed by atoms with Crippen LogP contribution in [0.4, 0.5) is 0 Å². The van der Waals surface area contributed by atoms with E-state index in [1.165, 1.54) is 0 Å². The van der Waals surface area contributed by atoms with Crippen LogP contribution in [0.1, 0.15) is 35.5 Å². The predicted octanol–water partition coefficient (Wildman–Crippen LogP) is 0.875. The van der Waals surface area contributed by atoms with E-state index in [1.54, 1.807) is 13.0 Å². The summed E-state index contributed by atoms with van der Waals surface area (Å²) in [6.45, 7) is 2.55. The first kappa shape index (κ1) is 11.7. The Balaban J connectivity index is 2.19. The first-order chi connectivity index (χ1) is 7.24. The molecular formula is C10H16N2O3. The second-order valence-electron chi connectivity index (χ2n) is 3.36. The van der Waals surface area contributed by atoms with E-state index in [9.17, 15) is 4.79 Å². The number of aliphatic hydroxyl groups excluding tert-OH is 1. The lowest BCUT2D eigenvalue weighted by Crippen LogP contribution is -2.24. The van der Waals surface area contributed by atoms with E-state index in [-0.39, 0.29) is 12.5 Å². The van der Waals surface area contributed by atoms with Crippen molar-refractivity contribution in [3.8, 4) is 0 Å². The minimum Gasteiger partial charge on any atom is -0.396 e. The molecule has 0 unspecified atom stereocenters. The van der Waals surface area contributed by atoms with Gasteiger partial charge < -0.3 is 14.9 Å². The largest absolute Gasteiger partial charge is 0.396 e. The zero-order valence-corrected chi connectivity index (χ0v) is 8.82. The van der Waals surface area contributed by atoms with Gasteiger partial charge in [0.25, 0.3) is 5.91 Å². The Kier molecular flexibility index (Phi) is 4.83. The molecule has 0 saturated heterocycles. The summed E-state index contributed by atoms with van der Waals surface area (Å²) in [6, 6.07) is 1.60. The van der Waals surface area contributed by atoms with Crippen LogP contribution in [0.3, 0.4) is 0 Å². The van der Waals surface area contributed by atoms with E-state index >= 15 is 0 Å². The number of unbranched alkanes of at least 4 members (excludes halogenated alkanes) is 2. The first-order valence-electron chi connectivity index (χ1n) is 5.06. The standard InChI is InChI=1S/C10H16N2O3/c1-8-7-9(12-15-8)10(14)11-5-3-2-4-6-13/h7,13H,2-6H2,1H3,(H,11,14). The SMILES string of the molecule is Cc1cc(C(=O)NCCCCCO)no1. The third-order valence-corrected chi connectivity index (χ3v) is 1.98. The molecule has 0 aromatic carbocycles. The van der Waals surface area contributed by atoms with Crippen LogP contribution in [0.15, 0.2) is 10.6 Å². The maximum absolute atomic E-state index is 11.4. The van der Waals surface area contributed by atoms with Gasteiger partial charge in [0.05, 0.1) is 0 Å². The number of hydrogen-bond donors (Lipinski definition) is 2. The second kappa shape index (κ2) is 6.19. The van der Waals surface area contributed by atoms with Crippen molar-refractivity contribution in [1.29, 1.82) is 0 Å². The summed E-state index contributed by atoms with van der Waals surface area (Å²) in [4.78, 5) is 11.4. The molecule has 0 fully saturated rings. The van der Waals surface area contributed by atoms with Gasteiger partial charge in [-0.05, 0) is 26.2 Å². The molecule has 0 aliphatic carbocycles. The van der Waals surface area contributed by atoms with Crippen molar-refractivity contribution in [3.05, 3.63) is 17.5 Å². The van der Waals surface area contributed by atoms with Gasteiger partial charge in [-0.1, -0.05) is 5.16 Å². The molecule has 1 aromatic rings. The highest BCUT2D eigenvalue weighted by Crippen LogP contribution is 2.01. The van der Waals surface area contributed by atoms with Gasteiger partial charge in [-0.25, -0.2) is 0 Å². The number of nitrogens with one attached hydrogen (secondary N) is 1. The van der Waals surface area contributed by atoms with Gasteiger partial charge in [-0.2, -0.15) is 0 Å². The fourth-order valence-electron chi connectivity index (χ4n) is 1.18. The van der Waals surface area contributed by atoms with Crippen LogP contribution in [-0.2, 0) is 0 Å². The van der Waals surface area contributed by atoms with Crippen LogP contribution in [0, 0.1) is 6.92 Å². The van der Waals surface area contributed by atoms with Gasteiger partial charge in [0.15, 0.2) is 5.69 Å². The number of aryl methyl sites for hydroxylation is 1. The van der Waals surface area contributed by atoms with Gasteiger partial charge in [0, 0.05) is 19.2 Å². The third-order valence-electron chi connectivity index (χ3n) is 1.98. The topological polar surface area (TPSA) is 75.4 Å². The molecule has 1 rings (SSSR count). The van der Waals surface area contributed by atoms with Crippen molar-refractivity contribution >= 4 is 5.91 Å². The molecule has 2 N–H and O–H groups in total. The molecule has 0 spiro atoms. The summed E-state index contributed by atoms with van der Waals surface area (Å²) in [5.41, 5.74) is 0.314. The summed E-state index contributed by atoms with van der Waals surface area (Å²) in [5, 5.41) is 14.9. The van der Waals surface area contributed by atoms with E-state index in [2.05, 4.69) is 10.5 Å². The smallest absolute Gasteiger partial charge is 0.273 e. The average molecular weight is 212 g/mol. The zero-order chi connectivity index (χ0) is 11.1. The molecule has 0 radical (unpaired) electrons. The van der Waals surface area contributed by atoms with E-state index in [1.807, 2.05) is 0 Å². The Hall–Kier alpha value is -1.36. The maximum atomic E-state index is 11.4. The lowest BCUT2D eigenvalue weighted by Gasteiger charge is -2.01. The van der Waals surface area contributed by atoms with Crippen LogP contribution >= 0.6 is 0 Å². The fourth-order valence-corrected chi connectivity index (χ4v) is 1.18. The number of carbonyl (C=O) groups excluding carboxylic acids is 1. The van der Waals surface area contributed by atoms with Gasteiger partial charge in [-0.15, -0.1) is 0 Å². The average Bonchev–Trinajstić information content (AvgIpc) is 2.64. The Morgan fingerprint density at radius 3 is 2.93 bits per heavy atom. The Morgan fingerprint density at radius 1 is 1.53 bits per heavy atom. The van der Waals surface area contributed by atoms with Crippen LogP contribution in [0.25, 0.3) is 0 Å². The minimum absolute atomic E-state index is 0.205. The van der Waals surface area contributed by atoms with Crippen LogP contribution < -0.4 is 5.32 Å². The van der Waals surface area contributed by atoms with Crippen molar-refractivity contribution < 1.29 is 14.4 Å². The van der Waals surface area contributed by atoms with Gasteiger partial charge in [0.2, 0.25) is 0 Å². The van der Waals surface area contributed by atoms with Crippen molar-refractivity contribution in [2.24, 2.45) is 0 Å². The molecule has 0 aliphatic heterocycles. The Morgan fingerprint density at radius 2 is 2.33 bits per heavy atom. The predicted molar refractivity (Wildman–Crippen MR) is 54.5 cm³/mol. The fraction of sp³-hybridized carbons (Fsp3) is 0.600. The molecule has 0 saturated carbocycles. The molecule has 0 atom stereocenters. The number of hydrogen-bond acceptors (Lipinski definition) is 4. The molecule has 84 valence electrons. The van der Waals surface area contributed by atoms with E-state index < -0.39 is 0 Å². The van der Waals surface area contributed by atoms with Crippen molar-refractivity contribution in [2.75, 3.05) is 13.2 Å². The first-order valence-corrected chi connectivity index (χ1v) is 5.06. The molecule has 5 heteroatoms. The summed E-state index contributed by atoms with van der Waals surface area (Å²) in [5.74, 6) is 0.413. The minimum atomic E-state index is -0.212. The summed E-state index contributed by atoms with van der Waals surface area (Å²) >= 11 is 0. The second-order valence-corrected chi connectivity index (χ2v) is 3.36. The lowest BCUT2D eigenvalue weighted by molar-refractivity contribution is 0.0944. The summed E-state index contributed by atoms with van der Waals surface area (Å²) in [6.07, 6.45) is 2.55. The highest BCUT2D eigenvalue weighted by Gasteiger charge is 2.09. The quantitative estimate of drug-likeness (QED) is 0.686. The number of rotatable bonds is 6. The third kappa shape index (κ3) is 4.12. The number of carbonyl (C=O) groups is 1. The van der Waals surface area contributed by atoms with Crippen molar-refractivity contribution in [2.45, 2.75) is 26.2 Å². The summed E-state index contributed by atoms with van der Waals surface area (Å²) < 4.78 is 4.79. The van der Waals surface area contributed by atoms with Gasteiger partial charge >= 0.3 is 0 Å². The highest BCUT2D eigenvalue weighted by molar-refractivity contribution is 5.92. The van der Waals surface area contributed by atoms with E-state index in [4.69, 9.17) is 9.63 Å². The monoisotopic (exact) mass is 212 g/mol. The molecular weight excluding hydrogens is 196 g/mol. The van der Waals surface area contributed by atoms with Gasteiger partial charge in [-0.3, -0.25) is 4.79 Å². The summed E-state index contributed by atoms with van der Waals surface area (Å²) in [7, 11) is 0. The molecule has 0 bridgehead atoms. The molecule has 5 nitrogen and oxygen atoms in total. The number of nitrogens with zero attached hydrogens (tertiary/aromatic N) is 1. The van der Waals surface area contributed by atoms with Crippen LogP contribution in [0.2, 0.25) is 0 Å². The molecule has 15 heavy (non-hydrogen) atoms. The van der Waals surface area contributed by atoms with E-state index in [0.29, 0.717) is 18.0 Å².